The first-order chi connectivity index (χ1) is 11.6. The van der Waals surface area contributed by atoms with E-state index >= 15 is 0 Å². The van der Waals surface area contributed by atoms with Crippen LogP contribution in [0.15, 0.2) is 38.9 Å². The number of aromatic nitrogens is 1. The molecule has 2 aromatic rings. The number of nitrogens with two attached hydrogens (primary N) is 1. The summed E-state index contributed by atoms with van der Waals surface area (Å²) in [6, 6.07) is 7.83. The molecule has 1 saturated heterocycles. The first-order valence-electron chi connectivity index (χ1n) is 7.91. The number of carbonyl (C=O) groups is 1. The van der Waals surface area contributed by atoms with Crippen molar-refractivity contribution in [3.05, 3.63) is 35.3 Å². The van der Waals surface area contributed by atoms with Crippen LogP contribution < -0.4 is 11.1 Å². The molecule has 1 amide bonds. The minimum atomic E-state index is -0.510. The number of benzene rings is 1. The van der Waals surface area contributed by atoms with Crippen molar-refractivity contribution in [3.63, 3.8) is 0 Å². The van der Waals surface area contributed by atoms with Gasteiger partial charge >= 0.3 is 0 Å². The highest BCUT2D eigenvalue weighted by molar-refractivity contribution is 8.01. The van der Waals surface area contributed by atoms with E-state index in [1.165, 1.54) is 0 Å². The zero-order valence-electron chi connectivity index (χ0n) is 13.6. The first-order valence-corrected chi connectivity index (χ1v) is 9.60. The Balaban J connectivity index is 1.64. The van der Waals surface area contributed by atoms with Gasteiger partial charge in [-0.1, -0.05) is 11.8 Å². The lowest BCUT2D eigenvalue weighted by Crippen LogP contribution is -2.46. The van der Waals surface area contributed by atoms with Crippen molar-refractivity contribution in [2.45, 2.75) is 29.0 Å². The number of carbonyl (C=O) groups excluding carboxylic acids is 1. The number of rotatable bonds is 5. The molecule has 0 spiro atoms. The lowest BCUT2D eigenvalue weighted by molar-refractivity contribution is -0.130. The Morgan fingerprint density at radius 3 is 2.67 bits per heavy atom. The van der Waals surface area contributed by atoms with Crippen LogP contribution >= 0.6 is 23.1 Å². The summed E-state index contributed by atoms with van der Waals surface area (Å²) in [5, 5.41) is 5.04. The van der Waals surface area contributed by atoms with E-state index < -0.39 is 5.41 Å². The van der Waals surface area contributed by atoms with Gasteiger partial charge in [0.05, 0.1) is 5.41 Å². The molecule has 0 saturated carbocycles. The van der Waals surface area contributed by atoms with E-state index in [9.17, 15) is 4.79 Å². The number of nitrogens with one attached hydrogen (secondary N) is 1. The molecule has 0 aliphatic carbocycles. The van der Waals surface area contributed by atoms with Crippen molar-refractivity contribution in [2.75, 3.05) is 25.1 Å². The molecule has 3 rings (SSSR count). The van der Waals surface area contributed by atoms with Gasteiger partial charge in [-0.3, -0.25) is 4.79 Å². The van der Waals surface area contributed by atoms with Crippen LogP contribution in [0.25, 0.3) is 0 Å². The molecule has 1 aliphatic heterocycles. The number of aryl methyl sites for hydroxylation is 1. The summed E-state index contributed by atoms with van der Waals surface area (Å²) >= 11 is 3.26. The largest absolute Gasteiger partial charge is 0.381 e. The van der Waals surface area contributed by atoms with E-state index in [4.69, 9.17) is 10.5 Å². The van der Waals surface area contributed by atoms with E-state index in [1.54, 1.807) is 23.1 Å². The van der Waals surface area contributed by atoms with Crippen LogP contribution in [0.2, 0.25) is 0 Å². The fourth-order valence-electron chi connectivity index (χ4n) is 2.64. The Hall–Kier alpha value is -1.41. The van der Waals surface area contributed by atoms with Gasteiger partial charge in [0.1, 0.15) is 0 Å². The molecule has 0 atom stereocenters. The second-order valence-corrected chi connectivity index (χ2v) is 8.11. The summed E-state index contributed by atoms with van der Waals surface area (Å²) in [4.78, 5) is 18.2. The van der Waals surface area contributed by atoms with Crippen LogP contribution in [0.4, 0.5) is 5.69 Å². The molecule has 1 aliphatic rings. The molecule has 0 bridgehead atoms. The Kier molecular flexibility index (Phi) is 5.55. The molecule has 5 nitrogen and oxygen atoms in total. The van der Waals surface area contributed by atoms with Gasteiger partial charge in [-0.2, -0.15) is 0 Å². The molecule has 1 fully saturated rings. The minimum absolute atomic E-state index is 0.00995. The summed E-state index contributed by atoms with van der Waals surface area (Å²) in [5.74, 6) is -0.00995. The average molecular weight is 364 g/mol. The Morgan fingerprint density at radius 2 is 2.08 bits per heavy atom. The summed E-state index contributed by atoms with van der Waals surface area (Å²) in [7, 11) is 0. The number of amides is 1. The van der Waals surface area contributed by atoms with E-state index in [0.29, 0.717) is 32.6 Å². The highest BCUT2D eigenvalue weighted by Gasteiger charge is 2.38. The minimum Gasteiger partial charge on any atom is -0.381 e. The van der Waals surface area contributed by atoms with Crippen LogP contribution in [-0.4, -0.2) is 30.6 Å². The maximum atomic E-state index is 12.6. The van der Waals surface area contributed by atoms with Gasteiger partial charge in [-0.15, -0.1) is 11.3 Å². The predicted molar refractivity (Wildman–Crippen MR) is 97.6 cm³/mol. The van der Waals surface area contributed by atoms with Crippen molar-refractivity contribution in [3.8, 4) is 0 Å². The number of hydrogen-bond acceptors (Lipinski definition) is 6. The normalized spacial score (nSPS) is 16.8. The summed E-state index contributed by atoms with van der Waals surface area (Å²) in [5.41, 5.74) is 7.20. The topological polar surface area (TPSA) is 77.2 Å². The molecule has 128 valence electrons. The number of anilines is 1. The lowest BCUT2D eigenvalue weighted by Gasteiger charge is -2.34. The van der Waals surface area contributed by atoms with E-state index in [2.05, 4.69) is 10.3 Å². The monoisotopic (exact) mass is 363 g/mol. The number of ether oxygens (including phenoxy) is 1. The van der Waals surface area contributed by atoms with Gasteiger partial charge < -0.3 is 15.8 Å². The summed E-state index contributed by atoms with van der Waals surface area (Å²) < 4.78 is 6.38. The van der Waals surface area contributed by atoms with Crippen molar-refractivity contribution in [1.29, 1.82) is 0 Å². The third-order valence-corrected chi connectivity index (χ3v) is 6.30. The van der Waals surface area contributed by atoms with E-state index in [-0.39, 0.29) is 5.91 Å². The number of nitrogens with zero attached hydrogens (tertiary/aromatic N) is 1. The van der Waals surface area contributed by atoms with Gasteiger partial charge in [0.2, 0.25) is 5.91 Å². The van der Waals surface area contributed by atoms with Gasteiger partial charge in [-0.05, 0) is 44.0 Å². The van der Waals surface area contributed by atoms with Crippen molar-refractivity contribution in [2.24, 2.45) is 11.1 Å². The molecular weight excluding hydrogens is 342 g/mol. The zero-order valence-corrected chi connectivity index (χ0v) is 15.2. The summed E-state index contributed by atoms with van der Waals surface area (Å²) in [6.45, 7) is 3.52. The van der Waals surface area contributed by atoms with E-state index in [0.717, 1.165) is 20.6 Å². The van der Waals surface area contributed by atoms with Crippen molar-refractivity contribution < 1.29 is 9.53 Å². The Bertz CT molecular complexity index is 694. The van der Waals surface area contributed by atoms with Crippen molar-refractivity contribution >= 4 is 34.7 Å². The zero-order chi connectivity index (χ0) is 17.0. The molecule has 2 heterocycles. The third kappa shape index (κ3) is 3.97. The van der Waals surface area contributed by atoms with Crippen LogP contribution in [0, 0.1) is 12.3 Å². The van der Waals surface area contributed by atoms with E-state index in [1.807, 2.05) is 36.6 Å². The second-order valence-electron chi connectivity index (χ2n) is 5.93. The second kappa shape index (κ2) is 7.65. The molecule has 0 unspecified atom stereocenters. The van der Waals surface area contributed by atoms with Crippen LogP contribution in [0.3, 0.4) is 0 Å². The van der Waals surface area contributed by atoms with Gasteiger partial charge in [0.25, 0.3) is 0 Å². The number of hydrogen-bond donors (Lipinski definition) is 2. The molecule has 3 N–H and O–H groups in total. The van der Waals surface area contributed by atoms with Crippen molar-refractivity contribution in [1.82, 2.24) is 4.98 Å². The lowest BCUT2D eigenvalue weighted by atomic mass is 9.79. The highest BCUT2D eigenvalue weighted by atomic mass is 32.2. The first kappa shape index (κ1) is 17.4. The predicted octanol–water partition coefficient (Wildman–Crippen LogP) is 3.30. The quantitative estimate of drug-likeness (QED) is 0.852. The third-order valence-electron chi connectivity index (χ3n) is 4.24. The standard InChI is InChI=1S/C17H21N3O2S2/c1-12-10-23-16(19-12)24-14-4-2-13(3-5-14)20-15(21)17(11-18)6-8-22-9-7-17/h2-5,10H,6-9,11,18H2,1H3,(H,20,21). The summed E-state index contributed by atoms with van der Waals surface area (Å²) in [6.07, 6.45) is 1.35. The Labute approximate surface area is 150 Å². The smallest absolute Gasteiger partial charge is 0.232 e. The molecule has 1 aromatic heterocycles. The van der Waals surface area contributed by atoms with Gasteiger partial charge in [0, 0.05) is 41.4 Å². The Morgan fingerprint density at radius 1 is 1.38 bits per heavy atom. The molecule has 24 heavy (non-hydrogen) atoms. The molecule has 1 aromatic carbocycles. The fraction of sp³-hybridized carbons (Fsp3) is 0.412. The highest BCUT2D eigenvalue weighted by Crippen LogP contribution is 2.33. The number of thiazole rings is 1. The van der Waals surface area contributed by atoms with Crippen LogP contribution in [0.1, 0.15) is 18.5 Å². The fourth-order valence-corrected chi connectivity index (χ4v) is 4.45. The maximum Gasteiger partial charge on any atom is 0.232 e. The SMILES string of the molecule is Cc1csc(Sc2ccc(NC(=O)C3(CN)CCOCC3)cc2)n1. The molecular formula is C17H21N3O2S2. The van der Waals surface area contributed by atoms with Gasteiger partial charge in [-0.25, -0.2) is 4.98 Å². The van der Waals surface area contributed by atoms with Crippen LogP contribution in [-0.2, 0) is 9.53 Å². The average Bonchev–Trinajstić information content (AvgIpc) is 3.02. The maximum absolute atomic E-state index is 12.6. The molecule has 0 radical (unpaired) electrons. The molecule has 7 heteroatoms. The van der Waals surface area contributed by atoms with Gasteiger partial charge in [0.15, 0.2) is 4.34 Å². The van der Waals surface area contributed by atoms with Crippen LogP contribution in [0.5, 0.6) is 0 Å².